The van der Waals surface area contributed by atoms with Gasteiger partial charge in [0.2, 0.25) is 0 Å². The van der Waals surface area contributed by atoms with Gasteiger partial charge in [-0.2, -0.15) is 5.10 Å². The molecule has 0 radical (unpaired) electrons. The number of rotatable bonds is 6. The number of hydrogen-bond donors (Lipinski definition) is 2. The van der Waals surface area contributed by atoms with E-state index in [9.17, 15) is 0 Å². The van der Waals surface area contributed by atoms with Gasteiger partial charge in [0.05, 0.1) is 17.7 Å². The van der Waals surface area contributed by atoms with Crippen molar-refractivity contribution in [3.05, 3.63) is 89.5 Å². The van der Waals surface area contributed by atoms with Crippen molar-refractivity contribution in [2.45, 2.75) is 18.5 Å². The maximum Gasteiger partial charge on any atom is 0.120 e. The Hall–Kier alpha value is -3.38. The van der Waals surface area contributed by atoms with E-state index in [1.165, 1.54) is 11.1 Å². The van der Waals surface area contributed by atoms with Crippen LogP contribution in [-0.2, 0) is 13.6 Å². The summed E-state index contributed by atoms with van der Waals surface area (Å²) in [7, 11) is 8.04. The number of anilines is 1. The van der Waals surface area contributed by atoms with Gasteiger partial charge in [0.1, 0.15) is 5.82 Å². The lowest BCUT2D eigenvalue weighted by atomic mass is 9.79. The first-order valence-corrected chi connectivity index (χ1v) is 10.5. The van der Waals surface area contributed by atoms with Crippen molar-refractivity contribution in [3.8, 4) is 0 Å². The van der Waals surface area contributed by atoms with Crippen molar-refractivity contribution < 1.29 is 0 Å². The lowest BCUT2D eigenvalue weighted by Gasteiger charge is -2.36. The third kappa shape index (κ3) is 3.99. The molecule has 1 aliphatic heterocycles. The summed E-state index contributed by atoms with van der Waals surface area (Å²) in [6.07, 6.45) is 5.72. The Morgan fingerprint density at radius 2 is 2.00 bits per heavy atom. The Kier molecular flexibility index (Phi) is 5.91. The summed E-state index contributed by atoms with van der Waals surface area (Å²) in [5.74, 6) is 0.897. The lowest BCUT2D eigenvalue weighted by Crippen LogP contribution is -2.35. The highest BCUT2D eigenvalue weighted by molar-refractivity contribution is 6.13. The SMILES string of the molecule is C=Cc1cccc2c1/C(=N\NC)C(c1nccn1C)C(c1ccc(CN(C)C)cc1)N2. The fraction of sp³-hybridized carbons (Fsp3) is 0.280. The summed E-state index contributed by atoms with van der Waals surface area (Å²) in [6, 6.07) is 15.1. The summed E-state index contributed by atoms with van der Waals surface area (Å²) in [6.45, 7) is 4.94. The van der Waals surface area contributed by atoms with Crippen LogP contribution in [0.15, 0.2) is 66.5 Å². The second-order valence-corrected chi connectivity index (χ2v) is 8.17. The molecule has 1 aromatic heterocycles. The van der Waals surface area contributed by atoms with E-state index in [1.807, 2.05) is 32.6 Å². The van der Waals surface area contributed by atoms with Crippen molar-refractivity contribution in [2.24, 2.45) is 12.1 Å². The van der Waals surface area contributed by atoms with Gasteiger partial charge in [-0.1, -0.05) is 49.1 Å². The van der Waals surface area contributed by atoms with E-state index in [2.05, 4.69) is 83.3 Å². The largest absolute Gasteiger partial charge is 0.377 e. The Morgan fingerprint density at radius 1 is 1.23 bits per heavy atom. The van der Waals surface area contributed by atoms with Gasteiger partial charge in [-0.05, 0) is 36.9 Å². The molecule has 0 aliphatic carbocycles. The van der Waals surface area contributed by atoms with Crippen LogP contribution in [0.25, 0.3) is 6.08 Å². The molecule has 4 rings (SSSR count). The van der Waals surface area contributed by atoms with Gasteiger partial charge in [-0.15, -0.1) is 0 Å². The van der Waals surface area contributed by atoms with Crippen molar-refractivity contribution in [2.75, 3.05) is 26.5 Å². The van der Waals surface area contributed by atoms with Crippen LogP contribution < -0.4 is 10.7 Å². The van der Waals surface area contributed by atoms with Crippen LogP contribution in [0.5, 0.6) is 0 Å². The van der Waals surface area contributed by atoms with Crippen LogP contribution >= 0.6 is 0 Å². The van der Waals surface area contributed by atoms with Crippen molar-refractivity contribution in [3.63, 3.8) is 0 Å². The van der Waals surface area contributed by atoms with E-state index < -0.39 is 0 Å². The van der Waals surface area contributed by atoms with Gasteiger partial charge < -0.3 is 20.2 Å². The molecule has 6 nitrogen and oxygen atoms in total. The molecular weight excluding hydrogens is 384 g/mol. The molecule has 0 spiro atoms. The minimum atomic E-state index is -0.0688. The van der Waals surface area contributed by atoms with E-state index in [-0.39, 0.29) is 12.0 Å². The van der Waals surface area contributed by atoms with Gasteiger partial charge in [-0.25, -0.2) is 4.98 Å². The molecule has 31 heavy (non-hydrogen) atoms. The number of aryl methyl sites for hydroxylation is 1. The minimum Gasteiger partial charge on any atom is -0.377 e. The Balaban J connectivity index is 1.88. The summed E-state index contributed by atoms with van der Waals surface area (Å²) in [5, 5.41) is 8.55. The highest BCUT2D eigenvalue weighted by Crippen LogP contribution is 2.43. The zero-order valence-electron chi connectivity index (χ0n) is 18.6. The van der Waals surface area contributed by atoms with Crippen molar-refractivity contribution in [1.82, 2.24) is 19.9 Å². The first kappa shape index (κ1) is 20.9. The predicted molar refractivity (Wildman–Crippen MR) is 128 cm³/mol. The maximum absolute atomic E-state index is 4.76. The smallest absolute Gasteiger partial charge is 0.120 e. The summed E-state index contributed by atoms with van der Waals surface area (Å²) in [5.41, 5.74) is 9.66. The van der Waals surface area contributed by atoms with E-state index in [4.69, 9.17) is 10.1 Å². The van der Waals surface area contributed by atoms with E-state index in [0.29, 0.717) is 0 Å². The van der Waals surface area contributed by atoms with Crippen molar-refractivity contribution in [1.29, 1.82) is 0 Å². The molecule has 2 heterocycles. The van der Waals surface area contributed by atoms with Crippen molar-refractivity contribution >= 4 is 17.5 Å². The molecule has 0 saturated heterocycles. The summed E-state index contributed by atoms with van der Waals surface area (Å²) < 4.78 is 2.08. The zero-order valence-corrected chi connectivity index (χ0v) is 18.6. The molecule has 6 heteroatoms. The number of hydrogen-bond acceptors (Lipinski definition) is 5. The van der Waals surface area contributed by atoms with E-state index in [0.717, 1.165) is 34.9 Å². The third-order valence-corrected chi connectivity index (χ3v) is 5.72. The quantitative estimate of drug-likeness (QED) is 0.599. The highest BCUT2D eigenvalue weighted by atomic mass is 15.3. The maximum atomic E-state index is 4.76. The fourth-order valence-electron chi connectivity index (χ4n) is 4.38. The number of imidazole rings is 1. The molecule has 0 saturated carbocycles. The summed E-state index contributed by atoms with van der Waals surface area (Å²) in [4.78, 5) is 6.89. The van der Waals surface area contributed by atoms with E-state index in [1.54, 1.807) is 0 Å². The van der Waals surface area contributed by atoms with Crippen LogP contribution in [0.1, 0.15) is 40.0 Å². The fourth-order valence-corrected chi connectivity index (χ4v) is 4.38. The van der Waals surface area contributed by atoms with Gasteiger partial charge in [0.25, 0.3) is 0 Å². The molecule has 0 amide bonds. The van der Waals surface area contributed by atoms with Crippen LogP contribution in [-0.4, -0.2) is 41.3 Å². The molecule has 0 bridgehead atoms. The monoisotopic (exact) mass is 414 g/mol. The number of hydrazone groups is 1. The number of nitrogens with zero attached hydrogens (tertiary/aromatic N) is 4. The lowest BCUT2D eigenvalue weighted by molar-refractivity contribution is 0.402. The van der Waals surface area contributed by atoms with Gasteiger partial charge in [-0.3, -0.25) is 0 Å². The van der Waals surface area contributed by atoms with Crippen LogP contribution in [0.3, 0.4) is 0 Å². The van der Waals surface area contributed by atoms with Crippen LogP contribution in [0.2, 0.25) is 0 Å². The number of aromatic nitrogens is 2. The molecular formula is C25H30N6. The standard InChI is InChI=1S/C25H30N6/c1-6-18-8-7-9-20-21(18)24(29-26-2)22(25-27-14-15-31(25)5)23(28-20)19-12-10-17(11-13-19)16-30(3)4/h6-15,22-23,26,28H,1,16H2,2-5H3/b29-24+. The second kappa shape index (κ2) is 8.78. The zero-order chi connectivity index (χ0) is 22.0. The highest BCUT2D eigenvalue weighted by Gasteiger charge is 2.39. The number of fused-ring (bicyclic) bond motifs is 1. The average Bonchev–Trinajstić information content (AvgIpc) is 3.18. The van der Waals surface area contributed by atoms with Crippen LogP contribution in [0, 0.1) is 0 Å². The number of benzene rings is 2. The molecule has 160 valence electrons. The first-order valence-electron chi connectivity index (χ1n) is 10.5. The Labute approximate surface area is 184 Å². The summed E-state index contributed by atoms with van der Waals surface area (Å²) >= 11 is 0. The third-order valence-electron chi connectivity index (χ3n) is 5.72. The number of nitrogens with one attached hydrogen (secondary N) is 2. The predicted octanol–water partition coefficient (Wildman–Crippen LogP) is 4.00. The minimum absolute atomic E-state index is 0.00540. The molecule has 0 fully saturated rings. The molecule has 2 atom stereocenters. The Bertz CT molecular complexity index is 1090. The molecule has 2 N–H and O–H groups in total. The van der Waals surface area contributed by atoms with Gasteiger partial charge in [0.15, 0.2) is 0 Å². The van der Waals surface area contributed by atoms with Gasteiger partial charge >= 0.3 is 0 Å². The topological polar surface area (TPSA) is 57.5 Å². The van der Waals surface area contributed by atoms with Gasteiger partial charge in [0, 0.05) is 44.3 Å². The molecule has 1 aliphatic rings. The molecule has 2 unspecified atom stereocenters. The normalized spacial score (nSPS) is 19.2. The second-order valence-electron chi connectivity index (χ2n) is 8.17. The molecule has 3 aromatic rings. The van der Waals surface area contributed by atoms with E-state index >= 15 is 0 Å². The molecule has 2 aromatic carbocycles. The first-order chi connectivity index (χ1) is 15.0. The van der Waals surface area contributed by atoms with Crippen LogP contribution in [0.4, 0.5) is 5.69 Å². The Morgan fingerprint density at radius 3 is 2.61 bits per heavy atom. The average molecular weight is 415 g/mol.